The van der Waals surface area contributed by atoms with E-state index in [1.165, 1.54) is 0 Å². The van der Waals surface area contributed by atoms with Crippen molar-refractivity contribution in [3.05, 3.63) is 24.3 Å². The molecule has 0 aromatic heterocycles. The molecule has 162 valence electrons. The highest BCUT2D eigenvalue weighted by atomic mass is 32.3. The minimum absolute atomic E-state index is 0.397. The molecule has 5 N–H and O–H groups in total. The van der Waals surface area contributed by atoms with Gasteiger partial charge in [-0.1, -0.05) is 6.07 Å². The number of hydrogen-bond acceptors (Lipinski definition) is 10. The third-order valence-electron chi connectivity index (χ3n) is 3.53. The second-order valence-corrected chi connectivity index (χ2v) is 11.5. The van der Waals surface area contributed by atoms with Crippen molar-refractivity contribution in [3.63, 3.8) is 0 Å². The van der Waals surface area contributed by atoms with Crippen LogP contribution < -0.4 is 5.73 Å². The lowest BCUT2D eigenvalue weighted by molar-refractivity contribution is 0.284. The number of fused-ring (bicyclic) bond motifs is 1. The number of anilines is 1. The fourth-order valence-electron chi connectivity index (χ4n) is 2.42. The molecule has 2 aromatic carbocycles. The molecule has 0 saturated carbocycles. The standard InChI is InChI=1S/C12H13NO12S4/c13-10-2-1-8-9(12(10)28(19,20)21)5-7(27(16,17)18)6-11(8)26(14,15)4-3-25-29(22,23)24/h1-2,5-6H,3-4,13H2,(H,16,17,18)(H,19,20,21)(H,22,23,24). The van der Waals surface area contributed by atoms with E-state index in [1.807, 2.05) is 0 Å². The van der Waals surface area contributed by atoms with E-state index in [0.717, 1.165) is 12.1 Å². The van der Waals surface area contributed by atoms with Crippen molar-refractivity contribution in [1.82, 2.24) is 0 Å². The van der Waals surface area contributed by atoms with E-state index in [9.17, 15) is 42.8 Å². The Hall–Kier alpha value is -1.86. The zero-order chi connectivity index (χ0) is 22.4. The molecule has 0 bridgehead atoms. The highest BCUT2D eigenvalue weighted by Crippen LogP contribution is 2.35. The lowest BCUT2D eigenvalue weighted by Crippen LogP contribution is -2.16. The van der Waals surface area contributed by atoms with Crippen LogP contribution in [0.5, 0.6) is 0 Å². The SMILES string of the molecule is Nc1ccc2c(S(=O)(=O)CCOS(=O)(=O)O)cc(S(=O)(=O)O)cc2c1S(=O)(=O)O. The lowest BCUT2D eigenvalue weighted by Gasteiger charge is -2.13. The molecule has 29 heavy (non-hydrogen) atoms. The molecular weight excluding hydrogens is 478 g/mol. The highest BCUT2D eigenvalue weighted by molar-refractivity contribution is 7.91. The van der Waals surface area contributed by atoms with Gasteiger partial charge in [0.15, 0.2) is 9.84 Å². The minimum Gasteiger partial charge on any atom is -0.398 e. The molecule has 0 fully saturated rings. The van der Waals surface area contributed by atoms with Gasteiger partial charge in [-0.15, -0.1) is 0 Å². The van der Waals surface area contributed by atoms with Gasteiger partial charge in [0.25, 0.3) is 20.2 Å². The molecule has 17 heteroatoms. The van der Waals surface area contributed by atoms with Crippen LogP contribution in [-0.2, 0) is 44.7 Å². The third kappa shape index (κ3) is 5.39. The molecule has 0 saturated heterocycles. The summed E-state index contributed by atoms with van der Waals surface area (Å²) in [7, 11) is -19.6. The Balaban J connectivity index is 2.88. The van der Waals surface area contributed by atoms with Crippen LogP contribution in [0, 0.1) is 0 Å². The van der Waals surface area contributed by atoms with Gasteiger partial charge in [0.1, 0.15) is 4.90 Å². The first kappa shape index (κ1) is 23.4. The van der Waals surface area contributed by atoms with Crippen LogP contribution in [0.1, 0.15) is 0 Å². The van der Waals surface area contributed by atoms with E-state index in [0.29, 0.717) is 12.1 Å². The van der Waals surface area contributed by atoms with Gasteiger partial charge in [-0.2, -0.15) is 25.3 Å². The maximum Gasteiger partial charge on any atom is 0.397 e. The Kier molecular flexibility index (Phi) is 6.00. The Morgan fingerprint density at radius 1 is 0.828 bits per heavy atom. The summed E-state index contributed by atoms with van der Waals surface area (Å²) in [5.74, 6) is -1.08. The van der Waals surface area contributed by atoms with Crippen molar-refractivity contribution in [2.24, 2.45) is 0 Å². The average molecular weight is 491 g/mol. The van der Waals surface area contributed by atoms with Crippen LogP contribution in [0.15, 0.2) is 39.0 Å². The predicted molar refractivity (Wildman–Crippen MR) is 97.5 cm³/mol. The largest absolute Gasteiger partial charge is 0.398 e. The third-order valence-corrected chi connectivity index (χ3v) is 7.51. The Bertz CT molecular complexity index is 1410. The van der Waals surface area contributed by atoms with Gasteiger partial charge in [0.05, 0.1) is 27.8 Å². The van der Waals surface area contributed by atoms with Gasteiger partial charge in [0.2, 0.25) is 0 Å². The summed E-state index contributed by atoms with van der Waals surface area (Å²) < 4.78 is 124. The first-order chi connectivity index (χ1) is 12.9. The molecule has 0 heterocycles. The Morgan fingerprint density at radius 2 is 1.41 bits per heavy atom. The van der Waals surface area contributed by atoms with Gasteiger partial charge >= 0.3 is 10.4 Å². The van der Waals surface area contributed by atoms with Crippen LogP contribution >= 0.6 is 0 Å². The second-order valence-electron chi connectivity index (χ2n) is 5.52. The van der Waals surface area contributed by atoms with Crippen LogP contribution in [0.4, 0.5) is 5.69 Å². The quantitative estimate of drug-likeness (QED) is 0.283. The summed E-state index contributed by atoms with van der Waals surface area (Å²) in [6.07, 6.45) is 0. The van der Waals surface area contributed by atoms with E-state index >= 15 is 0 Å². The van der Waals surface area contributed by atoms with Crippen LogP contribution in [0.25, 0.3) is 10.8 Å². The van der Waals surface area contributed by atoms with Gasteiger partial charge in [-0.25, -0.2) is 12.6 Å². The Morgan fingerprint density at radius 3 is 1.90 bits per heavy atom. The van der Waals surface area contributed by atoms with E-state index in [4.69, 9.17) is 10.3 Å². The molecule has 0 aliphatic rings. The summed E-state index contributed by atoms with van der Waals surface area (Å²) >= 11 is 0. The van der Waals surface area contributed by atoms with Crippen molar-refractivity contribution in [3.8, 4) is 0 Å². The fourth-order valence-corrected chi connectivity index (χ4v) is 5.58. The summed E-state index contributed by atoms with van der Waals surface area (Å²) in [5.41, 5.74) is 4.97. The van der Waals surface area contributed by atoms with Gasteiger partial charge < -0.3 is 5.73 Å². The summed E-state index contributed by atoms with van der Waals surface area (Å²) in [5, 5.41) is -1.03. The van der Waals surface area contributed by atoms with E-state index in [2.05, 4.69) is 4.18 Å². The number of nitrogen functional groups attached to an aromatic ring is 1. The van der Waals surface area contributed by atoms with E-state index < -0.39 is 84.0 Å². The first-order valence-corrected chi connectivity index (χ1v) is 13.0. The van der Waals surface area contributed by atoms with Crippen LogP contribution in [0.3, 0.4) is 0 Å². The number of hydrogen-bond donors (Lipinski definition) is 4. The van der Waals surface area contributed by atoms with Crippen molar-refractivity contribution < 1.29 is 51.5 Å². The molecule has 13 nitrogen and oxygen atoms in total. The molecule has 0 radical (unpaired) electrons. The number of sulfone groups is 1. The van der Waals surface area contributed by atoms with Crippen LogP contribution in [0.2, 0.25) is 0 Å². The van der Waals surface area contributed by atoms with E-state index in [-0.39, 0.29) is 0 Å². The monoisotopic (exact) mass is 491 g/mol. The maximum absolute atomic E-state index is 12.6. The molecule has 2 rings (SSSR count). The molecule has 0 unspecified atom stereocenters. The number of nitrogens with two attached hydrogens (primary N) is 1. The molecule has 0 atom stereocenters. The first-order valence-electron chi connectivity index (χ1n) is 7.09. The van der Waals surface area contributed by atoms with Gasteiger partial charge in [0, 0.05) is 10.8 Å². The smallest absolute Gasteiger partial charge is 0.397 e. The zero-order valence-electron chi connectivity index (χ0n) is 13.9. The van der Waals surface area contributed by atoms with Crippen LogP contribution in [-0.4, -0.2) is 59.7 Å². The molecule has 2 aromatic rings. The van der Waals surface area contributed by atoms with Gasteiger partial charge in [-0.05, 0) is 18.2 Å². The lowest BCUT2D eigenvalue weighted by atomic mass is 10.1. The molecule has 0 aliphatic carbocycles. The summed E-state index contributed by atoms with van der Waals surface area (Å²) in [4.78, 5) is -2.85. The highest BCUT2D eigenvalue weighted by Gasteiger charge is 2.27. The zero-order valence-corrected chi connectivity index (χ0v) is 17.2. The topological polar surface area (TPSA) is 232 Å². The molecular formula is C12H13NO12S4. The number of benzene rings is 2. The fraction of sp³-hybridized carbons (Fsp3) is 0.167. The molecule has 0 aliphatic heterocycles. The second kappa shape index (κ2) is 7.43. The van der Waals surface area contributed by atoms with Crippen molar-refractivity contribution >= 4 is 56.9 Å². The predicted octanol–water partition coefficient (Wildman–Crippen LogP) is -0.491. The summed E-state index contributed by atoms with van der Waals surface area (Å²) in [6.45, 7) is -1.06. The van der Waals surface area contributed by atoms with Crippen molar-refractivity contribution in [1.29, 1.82) is 0 Å². The molecule has 0 spiro atoms. The van der Waals surface area contributed by atoms with Crippen molar-refractivity contribution in [2.45, 2.75) is 14.7 Å². The summed E-state index contributed by atoms with van der Waals surface area (Å²) in [6, 6.07) is 3.05. The minimum atomic E-state index is -5.05. The van der Waals surface area contributed by atoms with E-state index in [1.54, 1.807) is 0 Å². The molecule has 0 amide bonds. The van der Waals surface area contributed by atoms with Crippen molar-refractivity contribution in [2.75, 3.05) is 18.1 Å². The Labute approximate surface area is 165 Å². The average Bonchev–Trinajstić information content (AvgIpc) is 2.49. The maximum atomic E-state index is 12.6. The normalized spacial score (nSPS) is 13.6. The number of rotatable bonds is 7. The van der Waals surface area contributed by atoms with Gasteiger partial charge in [-0.3, -0.25) is 13.7 Å².